The molecule has 4 heteroatoms. The molecule has 94 valence electrons. The maximum absolute atomic E-state index is 12.8. The minimum absolute atomic E-state index is 0.187. The summed E-state index contributed by atoms with van der Waals surface area (Å²) in [5, 5.41) is 15.6. The first-order chi connectivity index (χ1) is 8.66. The molecule has 0 saturated carbocycles. The first-order valence-corrected chi connectivity index (χ1v) is 7.28. The highest BCUT2D eigenvalue weighted by atomic mass is 35.5. The zero-order chi connectivity index (χ0) is 12.6. The lowest BCUT2D eigenvalue weighted by molar-refractivity contribution is -0.909. The summed E-state index contributed by atoms with van der Waals surface area (Å²) in [5.41, 5.74) is 2.17. The predicted molar refractivity (Wildman–Crippen MR) is 75.4 cm³/mol. The van der Waals surface area contributed by atoms with Gasteiger partial charge in [0.1, 0.15) is 13.1 Å². The van der Waals surface area contributed by atoms with Gasteiger partial charge in [-0.15, -0.1) is 11.3 Å². The fourth-order valence-electron chi connectivity index (χ4n) is 2.49. The van der Waals surface area contributed by atoms with Crippen molar-refractivity contribution in [1.82, 2.24) is 0 Å². The van der Waals surface area contributed by atoms with E-state index in [4.69, 9.17) is 11.6 Å². The molecule has 0 aliphatic carbocycles. The molecule has 3 rings (SSSR count). The number of benzene rings is 1. The Bertz CT molecular complexity index is 568. The summed E-state index contributed by atoms with van der Waals surface area (Å²) in [6.45, 7) is 1.69. The number of hydrogen-bond donors (Lipinski definition) is 0. The third-order valence-electron chi connectivity index (χ3n) is 3.46. The van der Waals surface area contributed by atoms with Crippen LogP contribution in [0.2, 0.25) is 5.02 Å². The van der Waals surface area contributed by atoms with Gasteiger partial charge in [0.2, 0.25) is 0 Å². The highest BCUT2D eigenvalue weighted by Crippen LogP contribution is 2.31. The first kappa shape index (κ1) is 12.2. The van der Waals surface area contributed by atoms with Gasteiger partial charge in [0.25, 0.3) is 0 Å². The maximum atomic E-state index is 12.8. The van der Waals surface area contributed by atoms with E-state index < -0.39 is 0 Å². The second kappa shape index (κ2) is 4.67. The molecule has 0 bridgehead atoms. The molecule has 1 atom stereocenters. The van der Waals surface area contributed by atoms with E-state index in [9.17, 15) is 5.21 Å². The molecular weight excluding hydrogens is 266 g/mol. The molecule has 1 aliphatic rings. The number of quaternary nitrogens is 1. The van der Waals surface area contributed by atoms with Crippen molar-refractivity contribution in [2.45, 2.75) is 19.5 Å². The largest absolute Gasteiger partial charge is 0.632 e. The molecule has 2 aromatic rings. The lowest BCUT2D eigenvalue weighted by Gasteiger charge is -2.45. The molecule has 1 aliphatic heterocycles. The Kier molecular flexibility index (Phi) is 3.16. The van der Waals surface area contributed by atoms with E-state index >= 15 is 0 Å². The quantitative estimate of drug-likeness (QED) is 0.602. The molecule has 0 fully saturated rings. The molecule has 0 N–H and O–H groups in total. The third-order valence-corrected chi connectivity index (χ3v) is 4.85. The van der Waals surface area contributed by atoms with E-state index in [1.165, 1.54) is 10.4 Å². The van der Waals surface area contributed by atoms with Crippen molar-refractivity contribution in [1.29, 1.82) is 0 Å². The zero-order valence-electron chi connectivity index (χ0n) is 9.93. The Hall–Kier alpha value is -0.870. The Labute approximate surface area is 116 Å². The van der Waals surface area contributed by atoms with E-state index in [0.717, 1.165) is 12.0 Å². The maximum Gasteiger partial charge on any atom is 0.106 e. The summed E-state index contributed by atoms with van der Waals surface area (Å²) in [6.07, 6.45) is 0.890. The first-order valence-electron chi connectivity index (χ1n) is 6.02. The van der Waals surface area contributed by atoms with Crippen molar-refractivity contribution in [2.24, 2.45) is 0 Å². The van der Waals surface area contributed by atoms with Crippen LogP contribution in [0, 0.1) is 5.21 Å². The molecule has 2 nitrogen and oxygen atoms in total. The standard InChI is InChI=1S/C14H14ClNOS/c15-13-4-2-1-3-11(13)9-16(17)7-5-14-12(10-16)6-8-18-14/h1-4,6,8H,5,7,9-10H2/t16-/m0/s1. The van der Waals surface area contributed by atoms with Gasteiger partial charge in [0.15, 0.2) is 0 Å². The minimum atomic E-state index is -0.187. The summed E-state index contributed by atoms with van der Waals surface area (Å²) in [6, 6.07) is 9.71. The number of fused-ring (bicyclic) bond motifs is 1. The summed E-state index contributed by atoms with van der Waals surface area (Å²) in [7, 11) is 0. The molecule has 0 amide bonds. The average molecular weight is 280 g/mol. The van der Waals surface area contributed by atoms with Gasteiger partial charge in [0, 0.05) is 27.4 Å². The van der Waals surface area contributed by atoms with Crippen LogP contribution in [0.15, 0.2) is 35.7 Å². The summed E-state index contributed by atoms with van der Waals surface area (Å²) in [4.78, 5) is 1.37. The van der Waals surface area contributed by atoms with Crippen LogP contribution in [0.25, 0.3) is 0 Å². The molecule has 18 heavy (non-hydrogen) atoms. The fraction of sp³-hybridized carbons (Fsp3) is 0.286. The van der Waals surface area contributed by atoms with Gasteiger partial charge >= 0.3 is 0 Å². The summed E-state index contributed by atoms with van der Waals surface area (Å²) < 4.78 is -0.187. The van der Waals surface area contributed by atoms with E-state index in [1.54, 1.807) is 11.3 Å². The second-order valence-corrected chi connectivity index (χ2v) is 6.22. The van der Waals surface area contributed by atoms with Crippen LogP contribution in [0.4, 0.5) is 0 Å². The molecule has 1 aromatic carbocycles. The molecule has 0 unspecified atom stereocenters. The zero-order valence-corrected chi connectivity index (χ0v) is 11.5. The highest BCUT2D eigenvalue weighted by Gasteiger charge is 2.26. The fourth-order valence-corrected chi connectivity index (χ4v) is 3.58. The van der Waals surface area contributed by atoms with Gasteiger partial charge in [-0.1, -0.05) is 29.8 Å². The number of thiophene rings is 1. The van der Waals surface area contributed by atoms with E-state index in [1.807, 2.05) is 24.3 Å². The Balaban J connectivity index is 1.83. The second-order valence-electron chi connectivity index (χ2n) is 4.81. The summed E-state index contributed by atoms with van der Waals surface area (Å²) >= 11 is 7.90. The van der Waals surface area contributed by atoms with Gasteiger partial charge in [-0.2, -0.15) is 0 Å². The van der Waals surface area contributed by atoms with Gasteiger partial charge in [-0.3, -0.25) is 0 Å². The predicted octanol–water partition coefficient (Wildman–Crippen LogP) is 3.97. The van der Waals surface area contributed by atoms with Gasteiger partial charge in [0.05, 0.1) is 6.54 Å². The van der Waals surface area contributed by atoms with Crippen LogP contribution in [-0.2, 0) is 19.5 Å². The van der Waals surface area contributed by atoms with Crippen LogP contribution in [0.5, 0.6) is 0 Å². The Morgan fingerprint density at radius 1 is 1.28 bits per heavy atom. The minimum Gasteiger partial charge on any atom is -0.632 e. The van der Waals surface area contributed by atoms with E-state index in [-0.39, 0.29) is 4.65 Å². The molecule has 2 heterocycles. The van der Waals surface area contributed by atoms with Crippen molar-refractivity contribution in [3.8, 4) is 0 Å². The molecule has 0 radical (unpaired) electrons. The van der Waals surface area contributed by atoms with Crippen molar-refractivity contribution >= 4 is 22.9 Å². The number of halogens is 1. The Morgan fingerprint density at radius 3 is 2.94 bits per heavy atom. The molecule has 0 spiro atoms. The summed E-state index contributed by atoms with van der Waals surface area (Å²) in [5.74, 6) is 0. The normalized spacial score (nSPS) is 22.8. The SMILES string of the molecule is [O-][N@+]1(Cc2ccccc2Cl)CCc2sccc2C1. The third kappa shape index (κ3) is 2.31. The van der Waals surface area contributed by atoms with Crippen molar-refractivity contribution in [3.63, 3.8) is 0 Å². The monoisotopic (exact) mass is 279 g/mol. The number of nitrogens with zero attached hydrogens (tertiary/aromatic N) is 1. The lowest BCUT2D eigenvalue weighted by atomic mass is 10.1. The van der Waals surface area contributed by atoms with Crippen LogP contribution >= 0.6 is 22.9 Å². The number of rotatable bonds is 2. The van der Waals surface area contributed by atoms with Crippen LogP contribution in [-0.4, -0.2) is 11.2 Å². The topological polar surface area (TPSA) is 23.1 Å². The van der Waals surface area contributed by atoms with E-state index in [2.05, 4.69) is 11.4 Å². The van der Waals surface area contributed by atoms with Crippen molar-refractivity contribution < 1.29 is 4.65 Å². The van der Waals surface area contributed by atoms with Crippen LogP contribution in [0.3, 0.4) is 0 Å². The van der Waals surface area contributed by atoms with Crippen molar-refractivity contribution in [3.05, 3.63) is 61.9 Å². The molecule has 0 saturated heterocycles. The lowest BCUT2D eigenvalue weighted by Crippen LogP contribution is -2.44. The highest BCUT2D eigenvalue weighted by molar-refractivity contribution is 7.10. The molecular formula is C14H14ClNOS. The van der Waals surface area contributed by atoms with Crippen LogP contribution in [0.1, 0.15) is 16.0 Å². The number of hydrogen-bond acceptors (Lipinski definition) is 2. The number of hydroxylamine groups is 3. The smallest absolute Gasteiger partial charge is 0.106 e. The van der Waals surface area contributed by atoms with Crippen molar-refractivity contribution in [2.75, 3.05) is 6.54 Å². The van der Waals surface area contributed by atoms with E-state index in [0.29, 0.717) is 24.7 Å². The molecule has 1 aromatic heterocycles. The Morgan fingerprint density at radius 2 is 2.11 bits per heavy atom. The van der Waals surface area contributed by atoms with Gasteiger partial charge in [-0.25, -0.2) is 0 Å². The average Bonchev–Trinajstić information content (AvgIpc) is 2.79. The van der Waals surface area contributed by atoms with Gasteiger partial charge < -0.3 is 9.85 Å². The van der Waals surface area contributed by atoms with Crippen LogP contribution < -0.4 is 0 Å². The van der Waals surface area contributed by atoms with Gasteiger partial charge in [-0.05, 0) is 17.5 Å².